The van der Waals surface area contributed by atoms with E-state index in [0.29, 0.717) is 5.92 Å². The number of thiophene rings is 1. The van der Waals surface area contributed by atoms with Crippen LogP contribution in [0.5, 0.6) is 0 Å². The minimum atomic E-state index is 0.0848. The first-order valence-electron chi connectivity index (χ1n) is 9.36. The topological polar surface area (TPSA) is 51.3 Å². The van der Waals surface area contributed by atoms with E-state index >= 15 is 0 Å². The van der Waals surface area contributed by atoms with Crippen LogP contribution in [-0.4, -0.2) is 35.0 Å². The van der Waals surface area contributed by atoms with Gasteiger partial charge in [-0.2, -0.15) is 11.3 Å². The third kappa shape index (κ3) is 3.17. The van der Waals surface area contributed by atoms with Gasteiger partial charge in [-0.25, -0.2) is 0 Å². The molecule has 0 bridgehead atoms. The first-order chi connectivity index (χ1) is 12.7. The molecule has 0 spiro atoms. The molecule has 1 aliphatic rings. The molecule has 1 aliphatic heterocycles. The SMILES string of the molecule is CCCN1CCC(c2cn(N)c3ccc(C(=O)c4ccsc4)cc23)CC1. The van der Waals surface area contributed by atoms with E-state index in [4.69, 9.17) is 5.84 Å². The minimum absolute atomic E-state index is 0.0848. The summed E-state index contributed by atoms with van der Waals surface area (Å²) in [6.07, 6.45) is 5.58. The normalized spacial score (nSPS) is 16.3. The number of carbonyl (C=O) groups is 1. The fraction of sp³-hybridized carbons (Fsp3) is 0.381. The summed E-state index contributed by atoms with van der Waals surface area (Å²) in [4.78, 5) is 15.3. The van der Waals surface area contributed by atoms with Crippen LogP contribution in [0.2, 0.25) is 0 Å². The van der Waals surface area contributed by atoms with Gasteiger partial charge in [-0.15, -0.1) is 0 Å². The summed E-state index contributed by atoms with van der Waals surface area (Å²) in [6, 6.07) is 7.78. The number of carbonyl (C=O) groups excluding carboxylic acids is 1. The number of aromatic nitrogens is 1. The molecule has 1 saturated heterocycles. The summed E-state index contributed by atoms with van der Waals surface area (Å²) in [5.74, 6) is 6.80. The zero-order chi connectivity index (χ0) is 18.1. The van der Waals surface area contributed by atoms with E-state index in [1.54, 1.807) is 16.0 Å². The van der Waals surface area contributed by atoms with Crippen molar-refractivity contribution < 1.29 is 4.79 Å². The molecule has 0 aliphatic carbocycles. The molecule has 3 heterocycles. The van der Waals surface area contributed by atoms with Crippen molar-refractivity contribution in [2.75, 3.05) is 25.5 Å². The first-order valence-corrected chi connectivity index (χ1v) is 10.3. The Kier molecular flexibility index (Phi) is 4.83. The smallest absolute Gasteiger partial charge is 0.193 e. The van der Waals surface area contributed by atoms with Crippen molar-refractivity contribution in [3.05, 3.63) is 57.9 Å². The maximum absolute atomic E-state index is 12.7. The Morgan fingerprint density at radius 3 is 2.73 bits per heavy atom. The molecule has 1 aromatic carbocycles. The summed E-state index contributed by atoms with van der Waals surface area (Å²) in [5, 5.41) is 4.98. The van der Waals surface area contributed by atoms with Crippen LogP contribution in [0.25, 0.3) is 10.9 Å². The molecule has 0 atom stereocenters. The maximum atomic E-state index is 12.7. The van der Waals surface area contributed by atoms with Crippen LogP contribution in [0, 0.1) is 0 Å². The quantitative estimate of drug-likeness (QED) is 0.542. The van der Waals surface area contributed by atoms with Gasteiger partial charge in [-0.3, -0.25) is 9.47 Å². The fourth-order valence-corrected chi connectivity index (χ4v) is 4.73. The van der Waals surface area contributed by atoms with Crippen LogP contribution in [0.4, 0.5) is 0 Å². The second-order valence-electron chi connectivity index (χ2n) is 7.18. The third-order valence-electron chi connectivity index (χ3n) is 5.48. The standard InChI is InChI=1S/C21H25N3OS/c1-2-8-23-9-5-15(6-10-23)19-13-24(22)20-4-3-16(12-18(19)20)21(25)17-7-11-26-14-17/h3-4,7,11-15H,2,5-6,8-10,22H2,1H3. The molecular formula is C21H25N3OS. The van der Waals surface area contributed by atoms with Crippen LogP contribution < -0.4 is 5.84 Å². The average Bonchev–Trinajstić information content (AvgIpc) is 3.30. The van der Waals surface area contributed by atoms with Crippen molar-refractivity contribution in [2.45, 2.75) is 32.1 Å². The molecule has 136 valence electrons. The Labute approximate surface area is 158 Å². The molecule has 4 rings (SSSR count). The highest BCUT2D eigenvalue weighted by Gasteiger charge is 2.24. The number of hydrogen-bond acceptors (Lipinski definition) is 4. The van der Waals surface area contributed by atoms with Gasteiger partial charge in [-0.05, 0) is 80.0 Å². The largest absolute Gasteiger partial charge is 0.339 e. The van der Waals surface area contributed by atoms with Crippen molar-refractivity contribution in [1.82, 2.24) is 9.58 Å². The van der Waals surface area contributed by atoms with Crippen molar-refractivity contribution in [3.63, 3.8) is 0 Å². The van der Waals surface area contributed by atoms with Gasteiger partial charge in [0.05, 0.1) is 5.52 Å². The summed E-state index contributed by atoms with van der Waals surface area (Å²) in [6.45, 7) is 5.71. The average molecular weight is 368 g/mol. The van der Waals surface area contributed by atoms with Crippen molar-refractivity contribution in [3.8, 4) is 0 Å². The maximum Gasteiger partial charge on any atom is 0.193 e. The van der Waals surface area contributed by atoms with E-state index in [1.165, 1.54) is 18.5 Å². The number of fused-ring (bicyclic) bond motifs is 1. The Hall–Kier alpha value is -2.11. The highest BCUT2D eigenvalue weighted by atomic mass is 32.1. The van der Waals surface area contributed by atoms with Crippen molar-refractivity contribution in [2.24, 2.45) is 0 Å². The monoisotopic (exact) mass is 367 g/mol. The van der Waals surface area contributed by atoms with Gasteiger partial charge in [0.15, 0.2) is 5.78 Å². The zero-order valence-electron chi connectivity index (χ0n) is 15.1. The number of hydrogen-bond donors (Lipinski definition) is 1. The molecule has 1 fully saturated rings. The number of ketones is 1. The first kappa shape index (κ1) is 17.3. The molecular weight excluding hydrogens is 342 g/mol. The molecule has 5 heteroatoms. The van der Waals surface area contributed by atoms with Gasteiger partial charge in [0, 0.05) is 28.1 Å². The third-order valence-corrected chi connectivity index (χ3v) is 6.16. The lowest BCUT2D eigenvalue weighted by atomic mass is 9.88. The van der Waals surface area contributed by atoms with Gasteiger partial charge >= 0.3 is 0 Å². The highest BCUT2D eigenvalue weighted by molar-refractivity contribution is 7.08. The number of rotatable bonds is 5. The Morgan fingerprint density at radius 2 is 2.04 bits per heavy atom. The van der Waals surface area contributed by atoms with Gasteiger partial charge in [-0.1, -0.05) is 6.92 Å². The fourth-order valence-electron chi connectivity index (χ4n) is 4.09. The lowest BCUT2D eigenvalue weighted by Crippen LogP contribution is -2.33. The number of benzene rings is 1. The van der Waals surface area contributed by atoms with E-state index < -0.39 is 0 Å². The van der Waals surface area contributed by atoms with Crippen molar-refractivity contribution in [1.29, 1.82) is 0 Å². The van der Waals surface area contributed by atoms with Gasteiger partial charge in [0.2, 0.25) is 0 Å². The summed E-state index contributed by atoms with van der Waals surface area (Å²) < 4.78 is 1.71. The van der Waals surface area contributed by atoms with Crippen molar-refractivity contribution >= 4 is 28.0 Å². The van der Waals surface area contributed by atoms with Crippen LogP contribution >= 0.6 is 11.3 Å². The van der Waals surface area contributed by atoms with E-state index in [2.05, 4.69) is 18.0 Å². The Bertz CT molecular complexity index is 905. The van der Waals surface area contributed by atoms with Crippen LogP contribution in [0.1, 0.15) is 53.6 Å². The number of piperidine rings is 1. The Balaban J connectivity index is 1.65. The van der Waals surface area contributed by atoms with Crippen LogP contribution in [-0.2, 0) is 0 Å². The predicted molar refractivity (Wildman–Crippen MR) is 109 cm³/mol. The number of nitrogen functional groups attached to an aromatic ring is 1. The lowest BCUT2D eigenvalue weighted by molar-refractivity contribution is 0.103. The number of nitrogens with zero attached hydrogens (tertiary/aromatic N) is 2. The van der Waals surface area contributed by atoms with Gasteiger partial charge < -0.3 is 10.7 Å². The molecule has 4 nitrogen and oxygen atoms in total. The molecule has 2 N–H and O–H groups in total. The molecule has 0 unspecified atom stereocenters. The number of likely N-dealkylation sites (tertiary alicyclic amines) is 1. The highest BCUT2D eigenvalue weighted by Crippen LogP contribution is 2.34. The zero-order valence-corrected chi connectivity index (χ0v) is 16.0. The molecule has 0 radical (unpaired) electrons. The molecule has 0 amide bonds. The second kappa shape index (κ2) is 7.25. The van der Waals surface area contributed by atoms with E-state index in [9.17, 15) is 4.79 Å². The predicted octanol–water partition coefficient (Wildman–Crippen LogP) is 4.24. The molecule has 3 aromatic rings. The Morgan fingerprint density at radius 1 is 1.23 bits per heavy atom. The van der Waals surface area contributed by atoms with Crippen LogP contribution in [0.3, 0.4) is 0 Å². The molecule has 0 saturated carbocycles. The minimum Gasteiger partial charge on any atom is -0.339 e. The van der Waals surface area contributed by atoms with E-state index in [1.807, 2.05) is 35.0 Å². The summed E-state index contributed by atoms with van der Waals surface area (Å²) >= 11 is 1.55. The lowest BCUT2D eigenvalue weighted by Gasteiger charge is -2.31. The molecule has 26 heavy (non-hydrogen) atoms. The van der Waals surface area contributed by atoms with Crippen LogP contribution in [0.15, 0.2) is 41.2 Å². The van der Waals surface area contributed by atoms with Gasteiger partial charge in [0.1, 0.15) is 0 Å². The second-order valence-corrected chi connectivity index (χ2v) is 7.96. The van der Waals surface area contributed by atoms with E-state index in [0.717, 1.165) is 48.0 Å². The molecule has 2 aromatic heterocycles. The van der Waals surface area contributed by atoms with Gasteiger partial charge in [0.25, 0.3) is 0 Å². The van der Waals surface area contributed by atoms with E-state index in [-0.39, 0.29) is 5.78 Å². The number of nitrogens with two attached hydrogens (primary N) is 1. The summed E-state index contributed by atoms with van der Waals surface area (Å²) in [7, 11) is 0. The summed E-state index contributed by atoms with van der Waals surface area (Å²) in [5.41, 5.74) is 3.79.